The molecule has 0 spiro atoms. The van der Waals surface area contributed by atoms with Gasteiger partial charge >= 0.3 is 7.12 Å². The van der Waals surface area contributed by atoms with E-state index in [1.165, 1.54) is 0 Å². The van der Waals surface area contributed by atoms with Crippen LogP contribution in [0.25, 0.3) is 0 Å². The van der Waals surface area contributed by atoms with Crippen molar-refractivity contribution in [3.8, 4) is 0 Å². The lowest BCUT2D eigenvalue weighted by molar-refractivity contribution is 0.144. The van der Waals surface area contributed by atoms with Gasteiger partial charge in [-0.15, -0.1) is 0 Å². The summed E-state index contributed by atoms with van der Waals surface area (Å²) in [4.78, 5) is 0. The van der Waals surface area contributed by atoms with Crippen LogP contribution in [-0.4, -0.2) is 25.9 Å². The first kappa shape index (κ1) is 9.81. The molecule has 2 heterocycles. The molecule has 0 bridgehead atoms. The van der Waals surface area contributed by atoms with E-state index in [0.717, 1.165) is 18.5 Å². The molecule has 0 aromatic carbocycles. The van der Waals surface area contributed by atoms with Crippen LogP contribution in [-0.2, 0) is 14.0 Å². The average Bonchev–Trinajstić information content (AvgIpc) is 2.43. The monoisotopic (exact) mass is 194 g/mol. The van der Waals surface area contributed by atoms with Gasteiger partial charge in [-0.3, -0.25) is 0 Å². The quantitative estimate of drug-likeness (QED) is 0.594. The van der Waals surface area contributed by atoms with E-state index in [-0.39, 0.29) is 12.7 Å². The van der Waals surface area contributed by atoms with Crippen molar-refractivity contribution in [3.05, 3.63) is 23.9 Å². The van der Waals surface area contributed by atoms with Gasteiger partial charge in [0.1, 0.15) is 5.60 Å². The molecular formula is C10H15BO3. The summed E-state index contributed by atoms with van der Waals surface area (Å²) in [7, 11) is -0.294. The lowest BCUT2D eigenvalue weighted by atomic mass is 9.77. The number of hydrogen-bond acceptors (Lipinski definition) is 3. The van der Waals surface area contributed by atoms with Gasteiger partial charge in [0.2, 0.25) is 0 Å². The van der Waals surface area contributed by atoms with E-state index in [0.29, 0.717) is 12.4 Å². The van der Waals surface area contributed by atoms with Gasteiger partial charge in [0.15, 0.2) is 0 Å². The smallest absolute Gasteiger partial charge is 0.534 e. The summed E-state index contributed by atoms with van der Waals surface area (Å²) in [5.41, 5.74) is 0.686. The zero-order valence-corrected chi connectivity index (χ0v) is 8.71. The van der Waals surface area contributed by atoms with Crippen molar-refractivity contribution in [1.82, 2.24) is 0 Å². The highest BCUT2D eigenvalue weighted by atomic mass is 16.7. The average molecular weight is 194 g/mol. The Labute approximate surface area is 84.9 Å². The topological polar surface area (TPSA) is 27.7 Å². The molecule has 1 saturated heterocycles. The molecule has 0 aliphatic carbocycles. The van der Waals surface area contributed by atoms with Crippen LogP contribution in [0.15, 0.2) is 23.9 Å². The van der Waals surface area contributed by atoms with Crippen LogP contribution in [0, 0.1) is 0 Å². The first-order chi connectivity index (χ1) is 6.59. The lowest BCUT2D eigenvalue weighted by Gasteiger charge is -2.17. The predicted octanol–water partition coefficient (Wildman–Crippen LogP) is 1.70. The molecule has 2 aliphatic rings. The second-order valence-corrected chi connectivity index (χ2v) is 4.12. The SMILES string of the molecule is C=C1OB(C2=CCCOC2)OC1(C)C. The van der Waals surface area contributed by atoms with E-state index in [2.05, 4.69) is 12.7 Å². The van der Waals surface area contributed by atoms with Crippen molar-refractivity contribution >= 4 is 7.12 Å². The first-order valence-electron chi connectivity index (χ1n) is 4.90. The normalized spacial score (nSPS) is 26.0. The van der Waals surface area contributed by atoms with Gasteiger partial charge in [0.05, 0.1) is 19.0 Å². The van der Waals surface area contributed by atoms with Crippen molar-refractivity contribution in [2.75, 3.05) is 13.2 Å². The zero-order valence-electron chi connectivity index (χ0n) is 8.71. The van der Waals surface area contributed by atoms with E-state index in [4.69, 9.17) is 14.0 Å². The molecule has 0 atom stereocenters. The summed E-state index contributed by atoms with van der Waals surface area (Å²) in [6.45, 7) is 9.15. The van der Waals surface area contributed by atoms with Crippen molar-refractivity contribution < 1.29 is 14.0 Å². The van der Waals surface area contributed by atoms with E-state index < -0.39 is 0 Å². The number of rotatable bonds is 1. The van der Waals surface area contributed by atoms with Crippen LogP contribution in [0.3, 0.4) is 0 Å². The Morgan fingerprint density at radius 2 is 2.29 bits per heavy atom. The van der Waals surface area contributed by atoms with E-state index in [1.54, 1.807) is 0 Å². The Balaban J connectivity index is 2.08. The minimum Gasteiger partial charge on any atom is -0.534 e. The Morgan fingerprint density at radius 3 is 2.79 bits per heavy atom. The second kappa shape index (κ2) is 3.44. The van der Waals surface area contributed by atoms with Crippen LogP contribution in [0.1, 0.15) is 20.3 Å². The summed E-state index contributed by atoms with van der Waals surface area (Å²) >= 11 is 0. The van der Waals surface area contributed by atoms with Gasteiger partial charge in [0.25, 0.3) is 0 Å². The summed E-state index contributed by atoms with van der Waals surface area (Å²) in [6, 6.07) is 0. The Morgan fingerprint density at radius 1 is 1.50 bits per heavy atom. The van der Waals surface area contributed by atoms with Crippen molar-refractivity contribution in [2.45, 2.75) is 25.9 Å². The minimum atomic E-state index is -0.386. The van der Waals surface area contributed by atoms with Gasteiger partial charge in [-0.2, -0.15) is 0 Å². The molecule has 3 nitrogen and oxygen atoms in total. The predicted molar refractivity (Wildman–Crippen MR) is 54.7 cm³/mol. The van der Waals surface area contributed by atoms with Crippen molar-refractivity contribution in [2.24, 2.45) is 0 Å². The van der Waals surface area contributed by atoms with Gasteiger partial charge < -0.3 is 14.0 Å². The van der Waals surface area contributed by atoms with E-state index in [1.807, 2.05) is 13.8 Å². The van der Waals surface area contributed by atoms with Gasteiger partial charge in [-0.25, -0.2) is 0 Å². The summed E-state index contributed by atoms with van der Waals surface area (Å²) < 4.78 is 16.6. The molecule has 0 amide bonds. The molecule has 0 radical (unpaired) electrons. The third-order valence-electron chi connectivity index (χ3n) is 2.56. The zero-order chi connectivity index (χ0) is 10.2. The lowest BCUT2D eigenvalue weighted by Crippen LogP contribution is -2.28. The molecule has 2 aliphatic heterocycles. The maximum absolute atomic E-state index is 5.73. The fourth-order valence-corrected chi connectivity index (χ4v) is 1.52. The minimum absolute atomic E-state index is 0.294. The van der Waals surface area contributed by atoms with Crippen LogP contribution in [0.2, 0.25) is 0 Å². The maximum atomic E-state index is 5.73. The molecular weight excluding hydrogens is 179 g/mol. The van der Waals surface area contributed by atoms with Crippen molar-refractivity contribution in [3.63, 3.8) is 0 Å². The third-order valence-corrected chi connectivity index (χ3v) is 2.56. The molecule has 0 unspecified atom stereocenters. The van der Waals surface area contributed by atoms with Crippen molar-refractivity contribution in [1.29, 1.82) is 0 Å². The third kappa shape index (κ3) is 1.72. The van der Waals surface area contributed by atoms with Crippen LogP contribution in [0.4, 0.5) is 0 Å². The van der Waals surface area contributed by atoms with Crippen LogP contribution < -0.4 is 0 Å². The maximum Gasteiger partial charge on any atom is 0.561 e. The standard InChI is InChI=1S/C10H15BO3/c1-8-10(2,3)14-11(13-8)9-5-4-6-12-7-9/h5H,1,4,6-7H2,2-3H3. The van der Waals surface area contributed by atoms with Gasteiger partial charge in [-0.05, 0) is 25.7 Å². The summed E-state index contributed by atoms with van der Waals surface area (Å²) in [5.74, 6) is 0.689. The highest BCUT2D eigenvalue weighted by molar-refractivity contribution is 6.55. The molecule has 76 valence electrons. The first-order valence-corrected chi connectivity index (χ1v) is 4.90. The molecule has 0 saturated carbocycles. The molecule has 14 heavy (non-hydrogen) atoms. The largest absolute Gasteiger partial charge is 0.561 e. The van der Waals surface area contributed by atoms with Crippen LogP contribution in [0.5, 0.6) is 0 Å². The molecule has 2 rings (SSSR count). The Hall–Kier alpha value is -0.735. The fourth-order valence-electron chi connectivity index (χ4n) is 1.52. The number of ether oxygens (including phenoxy) is 1. The van der Waals surface area contributed by atoms with Gasteiger partial charge in [0, 0.05) is 0 Å². The Bertz CT molecular complexity index is 283. The van der Waals surface area contributed by atoms with Crippen LogP contribution >= 0.6 is 0 Å². The molecule has 0 aromatic rings. The molecule has 0 aromatic heterocycles. The number of hydrogen-bond donors (Lipinski definition) is 0. The van der Waals surface area contributed by atoms with E-state index in [9.17, 15) is 0 Å². The Kier molecular flexibility index (Phi) is 2.41. The fraction of sp³-hybridized carbons (Fsp3) is 0.600. The highest BCUT2D eigenvalue weighted by Gasteiger charge is 2.44. The molecule has 0 N–H and O–H groups in total. The summed E-state index contributed by atoms with van der Waals surface area (Å²) in [5, 5.41) is 0. The van der Waals surface area contributed by atoms with E-state index >= 15 is 0 Å². The summed E-state index contributed by atoms with van der Waals surface area (Å²) in [6.07, 6.45) is 3.06. The molecule has 4 heteroatoms. The van der Waals surface area contributed by atoms with Gasteiger partial charge in [-0.1, -0.05) is 12.7 Å². The highest BCUT2D eigenvalue weighted by Crippen LogP contribution is 2.32. The molecule has 1 fully saturated rings. The second-order valence-electron chi connectivity index (χ2n) is 4.12.